The number of hydrogen-bond donors (Lipinski definition) is 1. The standard InChI is InChI=1S/C14H24N2O2/c1-10(17)4-5-12-15-13(16-18-12)11-6-8-14(2,3)9-7-11/h10-11,17H,4-9H2,1-3H3. The zero-order valence-electron chi connectivity index (χ0n) is 11.6. The minimum absolute atomic E-state index is 0.309. The highest BCUT2D eigenvalue weighted by atomic mass is 16.5. The molecule has 1 aromatic heterocycles. The summed E-state index contributed by atoms with van der Waals surface area (Å²) >= 11 is 0. The molecule has 0 aromatic carbocycles. The minimum atomic E-state index is -0.309. The Hall–Kier alpha value is -0.900. The third-order valence-corrected chi connectivity index (χ3v) is 3.96. The van der Waals surface area contributed by atoms with Crippen LogP contribution < -0.4 is 0 Å². The lowest BCUT2D eigenvalue weighted by molar-refractivity contribution is 0.180. The summed E-state index contributed by atoms with van der Waals surface area (Å²) in [6.45, 7) is 6.43. The molecule has 1 unspecified atom stereocenters. The number of aliphatic hydroxyl groups is 1. The van der Waals surface area contributed by atoms with Gasteiger partial charge >= 0.3 is 0 Å². The molecule has 0 radical (unpaired) electrons. The Bertz CT molecular complexity index is 375. The Morgan fingerprint density at radius 1 is 1.39 bits per heavy atom. The molecule has 1 fully saturated rings. The fourth-order valence-electron chi connectivity index (χ4n) is 2.53. The summed E-state index contributed by atoms with van der Waals surface area (Å²) in [6.07, 6.45) is 5.81. The van der Waals surface area contributed by atoms with Gasteiger partial charge < -0.3 is 9.63 Å². The molecule has 1 aromatic rings. The summed E-state index contributed by atoms with van der Waals surface area (Å²) in [5, 5.41) is 13.3. The average molecular weight is 252 g/mol. The van der Waals surface area contributed by atoms with E-state index in [0.29, 0.717) is 30.1 Å². The van der Waals surface area contributed by atoms with Gasteiger partial charge in [-0.3, -0.25) is 0 Å². The van der Waals surface area contributed by atoms with Crippen LogP contribution in [0.4, 0.5) is 0 Å². The second-order valence-corrected chi connectivity index (χ2v) is 6.37. The van der Waals surface area contributed by atoms with Gasteiger partial charge in [-0.1, -0.05) is 19.0 Å². The molecule has 0 aliphatic heterocycles. The molecule has 0 saturated heterocycles. The Balaban J connectivity index is 1.90. The van der Waals surface area contributed by atoms with E-state index >= 15 is 0 Å². The monoisotopic (exact) mass is 252 g/mol. The maximum atomic E-state index is 9.24. The number of rotatable bonds is 4. The van der Waals surface area contributed by atoms with Crippen LogP contribution in [0.15, 0.2) is 4.52 Å². The van der Waals surface area contributed by atoms with Crippen molar-refractivity contribution in [3.63, 3.8) is 0 Å². The first-order chi connectivity index (χ1) is 8.46. The normalized spacial score (nSPS) is 22.0. The van der Waals surface area contributed by atoms with Crippen LogP contribution in [0.5, 0.6) is 0 Å². The highest BCUT2D eigenvalue weighted by Gasteiger charge is 2.30. The molecule has 1 atom stereocenters. The third-order valence-electron chi connectivity index (χ3n) is 3.96. The second kappa shape index (κ2) is 5.39. The van der Waals surface area contributed by atoms with E-state index in [0.717, 1.165) is 18.7 Å². The van der Waals surface area contributed by atoms with Gasteiger partial charge in [-0.25, -0.2) is 0 Å². The largest absolute Gasteiger partial charge is 0.393 e. The molecular weight excluding hydrogens is 228 g/mol. The first kappa shape index (κ1) is 13.5. The van der Waals surface area contributed by atoms with Gasteiger partial charge in [-0.05, 0) is 44.4 Å². The molecule has 1 aliphatic carbocycles. The Morgan fingerprint density at radius 3 is 2.67 bits per heavy atom. The van der Waals surface area contributed by atoms with E-state index < -0.39 is 0 Å². The lowest BCUT2D eigenvalue weighted by atomic mass is 9.73. The van der Waals surface area contributed by atoms with E-state index in [4.69, 9.17) is 4.52 Å². The van der Waals surface area contributed by atoms with Crippen molar-refractivity contribution in [2.45, 2.75) is 71.3 Å². The van der Waals surface area contributed by atoms with Gasteiger partial charge in [0, 0.05) is 12.3 Å². The minimum Gasteiger partial charge on any atom is -0.393 e. The van der Waals surface area contributed by atoms with Crippen molar-refractivity contribution in [2.24, 2.45) is 5.41 Å². The molecule has 4 nitrogen and oxygen atoms in total. The molecule has 4 heteroatoms. The molecule has 0 bridgehead atoms. The van der Waals surface area contributed by atoms with E-state index in [1.807, 2.05) is 0 Å². The quantitative estimate of drug-likeness (QED) is 0.894. The van der Waals surface area contributed by atoms with Crippen LogP contribution in [-0.2, 0) is 6.42 Å². The molecule has 1 saturated carbocycles. The van der Waals surface area contributed by atoms with Gasteiger partial charge in [0.25, 0.3) is 0 Å². The topological polar surface area (TPSA) is 59.2 Å². The SMILES string of the molecule is CC(O)CCc1nc(C2CCC(C)(C)CC2)no1. The number of aromatic nitrogens is 2. The van der Waals surface area contributed by atoms with Crippen molar-refractivity contribution in [2.75, 3.05) is 0 Å². The number of hydrogen-bond acceptors (Lipinski definition) is 4. The number of aryl methyl sites for hydroxylation is 1. The average Bonchev–Trinajstić information content (AvgIpc) is 2.75. The number of nitrogens with zero attached hydrogens (tertiary/aromatic N) is 2. The van der Waals surface area contributed by atoms with Crippen molar-refractivity contribution in [1.29, 1.82) is 0 Å². The highest BCUT2D eigenvalue weighted by Crippen LogP contribution is 2.41. The van der Waals surface area contributed by atoms with Gasteiger partial charge in [0.05, 0.1) is 6.10 Å². The zero-order valence-corrected chi connectivity index (χ0v) is 11.6. The fourth-order valence-corrected chi connectivity index (χ4v) is 2.53. The van der Waals surface area contributed by atoms with Crippen molar-refractivity contribution in [3.8, 4) is 0 Å². The molecule has 1 heterocycles. The first-order valence-corrected chi connectivity index (χ1v) is 6.97. The van der Waals surface area contributed by atoms with E-state index in [9.17, 15) is 5.11 Å². The van der Waals surface area contributed by atoms with Crippen molar-refractivity contribution in [1.82, 2.24) is 10.1 Å². The van der Waals surface area contributed by atoms with Gasteiger partial charge in [0.15, 0.2) is 5.82 Å². The first-order valence-electron chi connectivity index (χ1n) is 6.97. The van der Waals surface area contributed by atoms with E-state index in [1.165, 1.54) is 12.8 Å². The molecule has 1 aliphatic rings. The van der Waals surface area contributed by atoms with Crippen LogP contribution in [0.2, 0.25) is 0 Å². The second-order valence-electron chi connectivity index (χ2n) is 6.37. The predicted molar refractivity (Wildman–Crippen MR) is 69.3 cm³/mol. The highest BCUT2D eigenvalue weighted by molar-refractivity contribution is 4.99. The van der Waals surface area contributed by atoms with Crippen LogP contribution in [0.3, 0.4) is 0 Å². The van der Waals surface area contributed by atoms with Crippen LogP contribution in [0, 0.1) is 5.41 Å². The summed E-state index contributed by atoms with van der Waals surface area (Å²) in [7, 11) is 0. The van der Waals surface area contributed by atoms with Crippen LogP contribution >= 0.6 is 0 Å². The van der Waals surface area contributed by atoms with Crippen LogP contribution in [0.25, 0.3) is 0 Å². The van der Waals surface area contributed by atoms with Crippen LogP contribution in [-0.4, -0.2) is 21.4 Å². The van der Waals surface area contributed by atoms with Crippen molar-refractivity contribution >= 4 is 0 Å². The van der Waals surface area contributed by atoms with E-state index in [2.05, 4.69) is 24.0 Å². The Morgan fingerprint density at radius 2 is 2.06 bits per heavy atom. The lowest BCUT2D eigenvalue weighted by Gasteiger charge is -2.32. The maximum Gasteiger partial charge on any atom is 0.226 e. The summed E-state index contributed by atoms with van der Waals surface area (Å²) < 4.78 is 5.25. The summed E-state index contributed by atoms with van der Waals surface area (Å²) in [4.78, 5) is 4.46. The predicted octanol–water partition coefficient (Wildman–Crippen LogP) is 3.07. The Labute approximate surface area is 109 Å². The molecule has 0 amide bonds. The fraction of sp³-hybridized carbons (Fsp3) is 0.857. The summed E-state index contributed by atoms with van der Waals surface area (Å²) in [5.41, 5.74) is 0.468. The Kier molecular flexibility index (Phi) is 4.05. The van der Waals surface area contributed by atoms with Crippen molar-refractivity contribution < 1.29 is 9.63 Å². The van der Waals surface area contributed by atoms with E-state index in [-0.39, 0.29) is 6.10 Å². The summed E-state index contributed by atoms with van der Waals surface area (Å²) in [6, 6.07) is 0. The van der Waals surface area contributed by atoms with E-state index in [1.54, 1.807) is 6.92 Å². The van der Waals surface area contributed by atoms with Crippen molar-refractivity contribution in [3.05, 3.63) is 11.7 Å². The van der Waals surface area contributed by atoms with Gasteiger partial charge in [0.2, 0.25) is 5.89 Å². The van der Waals surface area contributed by atoms with Gasteiger partial charge in [0.1, 0.15) is 0 Å². The molecular formula is C14H24N2O2. The molecule has 1 N–H and O–H groups in total. The molecule has 2 rings (SSSR count). The lowest BCUT2D eigenvalue weighted by Crippen LogP contribution is -2.20. The third kappa shape index (κ3) is 3.55. The van der Waals surface area contributed by atoms with Gasteiger partial charge in [-0.2, -0.15) is 4.98 Å². The molecule has 0 spiro atoms. The zero-order chi connectivity index (χ0) is 13.2. The van der Waals surface area contributed by atoms with Crippen LogP contribution in [0.1, 0.15) is 70.5 Å². The summed E-state index contributed by atoms with van der Waals surface area (Å²) in [5.74, 6) is 1.99. The number of aliphatic hydroxyl groups excluding tert-OH is 1. The van der Waals surface area contributed by atoms with Gasteiger partial charge in [-0.15, -0.1) is 0 Å². The maximum absolute atomic E-state index is 9.24. The molecule has 18 heavy (non-hydrogen) atoms. The molecule has 102 valence electrons. The smallest absolute Gasteiger partial charge is 0.226 e.